The molecule has 0 aliphatic carbocycles. The van der Waals surface area contributed by atoms with Crippen molar-refractivity contribution in [2.45, 2.75) is 71.9 Å². The van der Waals surface area contributed by atoms with E-state index in [4.69, 9.17) is 25.2 Å². The highest BCUT2D eigenvalue weighted by atomic mass is 16.6. The fraction of sp³-hybridized carbons (Fsp3) is 0.655. The minimum absolute atomic E-state index is 0.0338. The largest absolute Gasteiger partial charge is 0.460 e. The van der Waals surface area contributed by atoms with Gasteiger partial charge in [-0.15, -0.1) is 0 Å². The first-order valence-corrected chi connectivity index (χ1v) is 14.4. The van der Waals surface area contributed by atoms with Gasteiger partial charge in [0, 0.05) is 56.2 Å². The van der Waals surface area contributed by atoms with Crippen molar-refractivity contribution in [3.05, 3.63) is 18.0 Å². The van der Waals surface area contributed by atoms with Crippen molar-refractivity contribution in [1.82, 2.24) is 24.8 Å². The van der Waals surface area contributed by atoms with Gasteiger partial charge in [-0.25, -0.2) is 15.0 Å². The summed E-state index contributed by atoms with van der Waals surface area (Å²) in [5.74, 6) is 1.35. The molecular weight excluding hydrogens is 524 g/mol. The standard InChI is InChI=1S/C29H42N8O4/c1-27(2,3)41-21(38)15-28(4,5)24(39)36-10-8-29(6,18-36)37-9-7-20-22(19-16-31-25(30)32-17-19)33-26(34-23(20)37)35-11-13-40-14-12-35/h16-17H,7-15,18H2,1-6H3,(H2,30,31,32)/t29-/m0/s1. The monoisotopic (exact) mass is 566 g/mol. The predicted octanol–water partition coefficient (Wildman–Crippen LogP) is 2.46. The Balaban J connectivity index is 1.41. The number of nitrogen functional groups attached to an aromatic ring is 1. The van der Waals surface area contributed by atoms with Gasteiger partial charge in [0.1, 0.15) is 11.4 Å². The molecule has 0 bridgehead atoms. The number of carbonyl (C=O) groups is 2. The molecule has 12 nitrogen and oxygen atoms in total. The highest BCUT2D eigenvalue weighted by Crippen LogP contribution is 2.42. The lowest BCUT2D eigenvalue weighted by atomic mass is 9.87. The average molecular weight is 567 g/mol. The minimum atomic E-state index is -0.871. The summed E-state index contributed by atoms with van der Waals surface area (Å²) < 4.78 is 11.1. The first-order valence-electron chi connectivity index (χ1n) is 14.4. The van der Waals surface area contributed by atoms with Crippen LogP contribution < -0.4 is 15.5 Å². The zero-order valence-corrected chi connectivity index (χ0v) is 25.1. The van der Waals surface area contributed by atoms with E-state index in [0.29, 0.717) is 45.3 Å². The number of rotatable bonds is 6. The third-order valence-corrected chi connectivity index (χ3v) is 8.03. The first kappa shape index (κ1) is 29.0. The molecule has 2 N–H and O–H groups in total. The summed E-state index contributed by atoms with van der Waals surface area (Å²) >= 11 is 0. The molecule has 1 amide bonds. The number of likely N-dealkylation sites (tertiary alicyclic amines) is 1. The molecule has 0 radical (unpaired) electrons. The van der Waals surface area contributed by atoms with E-state index in [1.807, 2.05) is 39.5 Å². The van der Waals surface area contributed by atoms with Crippen molar-refractivity contribution in [1.29, 1.82) is 0 Å². The van der Waals surface area contributed by atoms with Crippen LogP contribution in [0, 0.1) is 5.41 Å². The summed E-state index contributed by atoms with van der Waals surface area (Å²) in [6, 6.07) is 0. The maximum Gasteiger partial charge on any atom is 0.307 e. The van der Waals surface area contributed by atoms with E-state index >= 15 is 0 Å². The number of nitrogens with zero attached hydrogens (tertiary/aromatic N) is 7. The lowest BCUT2D eigenvalue weighted by molar-refractivity contribution is -0.161. The van der Waals surface area contributed by atoms with E-state index in [0.717, 1.165) is 42.0 Å². The Bertz CT molecular complexity index is 1300. The van der Waals surface area contributed by atoms with Crippen molar-refractivity contribution in [3.63, 3.8) is 0 Å². The number of carbonyl (C=O) groups excluding carboxylic acids is 2. The molecule has 0 saturated carbocycles. The van der Waals surface area contributed by atoms with Gasteiger partial charge >= 0.3 is 5.97 Å². The SMILES string of the molecule is CC(C)(C)OC(=O)CC(C)(C)C(=O)N1CC[C@](C)(N2CCc3c(-c4cnc(N)nc4)nc(N4CCOCC4)nc32)C1. The molecule has 41 heavy (non-hydrogen) atoms. The molecule has 2 aromatic heterocycles. The molecule has 0 spiro atoms. The van der Waals surface area contributed by atoms with Crippen LogP contribution in [0.2, 0.25) is 0 Å². The van der Waals surface area contributed by atoms with E-state index in [-0.39, 0.29) is 29.8 Å². The second kappa shape index (κ2) is 10.7. The van der Waals surface area contributed by atoms with Gasteiger partial charge in [-0.05, 0) is 40.5 Å². The van der Waals surface area contributed by atoms with Crippen LogP contribution in [0.15, 0.2) is 12.4 Å². The van der Waals surface area contributed by atoms with E-state index in [1.54, 1.807) is 12.4 Å². The molecule has 5 heterocycles. The smallest absolute Gasteiger partial charge is 0.307 e. The summed E-state index contributed by atoms with van der Waals surface area (Å²) in [5, 5.41) is 0. The zero-order valence-electron chi connectivity index (χ0n) is 25.1. The lowest BCUT2D eigenvalue weighted by Gasteiger charge is -2.38. The summed E-state index contributed by atoms with van der Waals surface area (Å²) in [4.78, 5) is 51.1. The summed E-state index contributed by atoms with van der Waals surface area (Å²) in [6.45, 7) is 15.9. The number of hydrogen-bond acceptors (Lipinski definition) is 11. The highest BCUT2D eigenvalue weighted by molar-refractivity contribution is 5.87. The van der Waals surface area contributed by atoms with E-state index in [2.05, 4.69) is 26.7 Å². The molecule has 0 aromatic carbocycles. The van der Waals surface area contributed by atoms with Crippen LogP contribution >= 0.6 is 0 Å². The van der Waals surface area contributed by atoms with Gasteiger partial charge in [0.2, 0.25) is 17.8 Å². The molecule has 2 fully saturated rings. The van der Waals surface area contributed by atoms with E-state index in [1.165, 1.54) is 0 Å². The number of nitrogens with two attached hydrogens (primary N) is 1. The lowest BCUT2D eigenvalue weighted by Crippen LogP contribution is -2.50. The van der Waals surface area contributed by atoms with Crippen LogP contribution in [-0.2, 0) is 25.5 Å². The number of fused-ring (bicyclic) bond motifs is 1. The van der Waals surface area contributed by atoms with Crippen LogP contribution in [-0.4, -0.2) is 93.8 Å². The third kappa shape index (κ3) is 6.07. The second-order valence-corrected chi connectivity index (χ2v) is 13.1. The Morgan fingerprint density at radius 1 is 1.05 bits per heavy atom. The second-order valence-electron chi connectivity index (χ2n) is 13.1. The first-order chi connectivity index (χ1) is 19.3. The number of hydrogen-bond donors (Lipinski definition) is 1. The number of aromatic nitrogens is 4. The molecule has 3 aliphatic heterocycles. The predicted molar refractivity (Wildman–Crippen MR) is 155 cm³/mol. The van der Waals surface area contributed by atoms with Crippen LogP contribution in [0.25, 0.3) is 11.3 Å². The van der Waals surface area contributed by atoms with Crippen molar-refractivity contribution >= 4 is 29.6 Å². The number of amides is 1. The Kier molecular flexibility index (Phi) is 7.56. The molecule has 3 aliphatic rings. The van der Waals surface area contributed by atoms with Crippen molar-refractivity contribution in [2.75, 3.05) is 61.5 Å². The molecule has 1 atom stereocenters. The van der Waals surface area contributed by atoms with Crippen LogP contribution in [0.3, 0.4) is 0 Å². The molecule has 222 valence electrons. The Morgan fingerprint density at radius 3 is 2.39 bits per heavy atom. The van der Waals surface area contributed by atoms with Gasteiger partial charge in [-0.3, -0.25) is 9.59 Å². The average Bonchev–Trinajstić information content (AvgIpc) is 3.52. The van der Waals surface area contributed by atoms with Gasteiger partial charge in [0.25, 0.3) is 0 Å². The Hall–Kier alpha value is -3.54. The summed E-state index contributed by atoms with van der Waals surface area (Å²) in [7, 11) is 0. The Labute approximate surface area is 241 Å². The molecule has 0 unspecified atom stereocenters. The van der Waals surface area contributed by atoms with Crippen LogP contribution in [0.5, 0.6) is 0 Å². The molecular formula is C29H42N8O4. The maximum absolute atomic E-state index is 13.7. The number of morpholine rings is 1. The summed E-state index contributed by atoms with van der Waals surface area (Å²) in [6.07, 6.45) is 5.01. The molecule has 2 saturated heterocycles. The fourth-order valence-corrected chi connectivity index (χ4v) is 5.95. The van der Waals surface area contributed by atoms with Gasteiger partial charge in [-0.2, -0.15) is 4.98 Å². The van der Waals surface area contributed by atoms with Gasteiger partial charge in [-0.1, -0.05) is 13.8 Å². The van der Waals surface area contributed by atoms with Crippen molar-refractivity contribution in [2.24, 2.45) is 5.41 Å². The minimum Gasteiger partial charge on any atom is -0.460 e. The third-order valence-electron chi connectivity index (χ3n) is 8.03. The zero-order chi connectivity index (χ0) is 29.6. The van der Waals surface area contributed by atoms with Gasteiger partial charge < -0.3 is 29.9 Å². The highest BCUT2D eigenvalue weighted by Gasteiger charge is 2.47. The molecule has 12 heteroatoms. The Morgan fingerprint density at radius 2 is 1.73 bits per heavy atom. The van der Waals surface area contributed by atoms with Crippen LogP contribution in [0.1, 0.15) is 59.9 Å². The van der Waals surface area contributed by atoms with Gasteiger partial charge in [0.05, 0.1) is 36.3 Å². The van der Waals surface area contributed by atoms with Crippen molar-refractivity contribution < 1.29 is 19.1 Å². The maximum atomic E-state index is 13.7. The number of ether oxygens (including phenoxy) is 2. The fourth-order valence-electron chi connectivity index (χ4n) is 5.95. The van der Waals surface area contributed by atoms with Crippen molar-refractivity contribution in [3.8, 4) is 11.3 Å². The molecule has 2 aromatic rings. The van der Waals surface area contributed by atoms with Crippen LogP contribution in [0.4, 0.5) is 17.7 Å². The normalized spacial score (nSPS) is 21.3. The topological polar surface area (TPSA) is 140 Å². The number of anilines is 3. The van der Waals surface area contributed by atoms with E-state index in [9.17, 15) is 9.59 Å². The quantitative estimate of drug-likeness (QED) is 0.516. The summed E-state index contributed by atoms with van der Waals surface area (Å²) in [5.41, 5.74) is 6.63. The molecule has 5 rings (SSSR count). The van der Waals surface area contributed by atoms with E-state index < -0.39 is 11.0 Å². The number of esters is 1. The van der Waals surface area contributed by atoms with Gasteiger partial charge in [0.15, 0.2) is 0 Å².